The van der Waals surface area contributed by atoms with Gasteiger partial charge in [0.25, 0.3) is 5.91 Å². The van der Waals surface area contributed by atoms with Gasteiger partial charge in [0.15, 0.2) is 5.69 Å². The molecule has 3 aromatic rings. The summed E-state index contributed by atoms with van der Waals surface area (Å²) >= 11 is 1.59. The van der Waals surface area contributed by atoms with Gasteiger partial charge in [-0.25, -0.2) is 4.98 Å². The maximum atomic E-state index is 12.8. The number of aromatic nitrogens is 3. The van der Waals surface area contributed by atoms with Crippen LogP contribution in [0.4, 0.5) is 0 Å². The number of likely N-dealkylation sites (tertiary alicyclic amines) is 1. The van der Waals surface area contributed by atoms with Crippen LogP contribution in [0, 0.1) is 5.92 Å². The van der Waals surface area contributed by atoms with E-state index in [-0.39, 0.29) is 11.9 Å². The molecule has 128 valence electrons. The van der Waals surface area contributed by atoms with E-state index in [1.54, 1.807) is 17.5 Å². The Morgan fingerprint density at radius 2 is 2.32 bits per heavy atom. The predicted molar refractivity (Wildman–Crippen MR) is 97.6 cm³/mol. The summed E-state index contributed by atoms with van der Waals surface area (Å²) < 4.78 is 0. The molecule has 1 amide bonds. The van der Waals surface area contributed by atoms with Gasteiger partial charge in [-0.3, -0.25) is 9.89 Å². The first-order valence-electron chi connectivity index (χ1n) is 8.58. The molecule has 0 spiro atoms. The Kier molecular flexibility index (Phi) is 3.39. The van der Waals surface area contributed by atoms with Crippen LogP contribution in [0.2, 0.25) is 0 Å². The average Bonchev–Trinajstić information content (AvgIpc) is 3.37. The molecule has 1 saturated heterocycles. The zero-order valence-electron chi connectivity index (χ0n) is 13.9. The van der Waals surface area contributed by atoms with E-state index in [4.69, 9.17) is 0 Å². The molecule has 3 heterocycles. The molecule has 5 rings (SSSR count). The minimum Gasteiger partial charge on any atom is -0.348 e. The van der Waals surface area contributed by atoms with Gasteiger partial charge in [0.05, 0.1) is 5.52 Å². The summed E-state index contributed by atoms with van der Waals surface area (Å²) in [5.74, 6) is 0.484. The summed E-state index contributed by atoms with van der Waals surface area (Å²) in [6.45, 7) is 1.07. The van der Waals surface area contributed by atoms with Gasteiger partial charge in [-0.15, -0.1) is 11.3 Å². The molecule has 3 unspecified atom stereocenters. The van der Waals surface area contributed by atoms with Crippen LogP contribution in [0.25, 0.3) is 21.5 Å². The Balaban J connectivity index is 1.42. The van der Waals surface area contributed by atoms with Crippen LogP contribution in [0.1, 0.15) is 23.3 Å². The van der Waals surface area contributed by atoms with Gasteiger partial charge in [-0.2, -0.15) is 5.10 Å². The fourth-order valence-corrected chi connectivity index (χ4v) is 4.91. The summed E-state index contributed by atoms with van der Waals surface area (Å²) in [6, 6.07) is 6.85. The lowest BCUT2D eigenvalue weighted by atomic mass is 10.0. The average molecular weight is 353 g/mol. The van der Waals surface area contributed by atoms with E-state index in [1.807, 2.05) is 23.6 Å². The number of carbonyl (C=O) groups is 1. The van der Waals surface area contributed by atoms with Crippen LogP contribution in [-0.4, -0.2) is 51.7 Å². The second kappa shape index (κ2) is 5.64. The SMILES string of the molecule is CN1CC2CC1CC2NC(=O)c1n[nH]c2ccc(-c3nccs3)cc12. The van der Waals surface area contributed by atoms with Crippen molar-refractivity contribution in [3.05, 3.63) is 35.5 Å². The number of piperidine rings is 1. The summed E-state index contributed by atoms with van der Waals surface area (Å²) in [5, 5.41) is 14.2. The molecule has 1 aliphatic carbocycles. The number of fused-ring (bicyclic) bond motifs is 3. The number of nitrogens with one attached hydrogen (secondary N) is 2. The van der Waals surface area contributed by atoms with Crippen LogP contribution in [-0.2, 0) is 0 Å². The van der Waals surface area contributed by atoms with Gasteiger partial charge in [0.1, 0.15) is 5.01 Å². The van der Waals surface area contributed by atoms with Crippen LogP contribution in [0.5, 0.6) is 0 Å². The third-order valence-electron chi connectivity index (χ3n) is 5.59. The fourth-order valence-electron chi connectivity index (χ4n) is 4.28. The molecular formula is C18H19N5OS. The zero-order chi connectivity index (χ0) is 17.0. The molecule has 25 heavy (non-hydrogen) atoms. The van der Waals surface area contributed by atoms with Crippen molar-refractivity contribution in [2.24, 2.45) is 5.92 Å². The van der Waals surface area contributed by atoms with Crippen molar-refractivity contribution in [3.63, 3.8) is 0 Å². The first-order chi connectivity index (χ1) is 12.2. The zero-order valence-corrected chi connectivity index (χ0v) is 14.7. The highest BCUT2D eigenvalue weighted by Crippen LogP contribution is 2.37. The van der Waals surface area contributed by atoms with Gasteiger partial charge in [-0.1, -0.05) is 0 Å². The number of H-pyrrole nitrogens is 1. The number of benzene rings is 1. The second-order valence-electron chi connectivity index (χ2n) is 7.07. The van der Waals surface area contributed by atoms with Crippen LogP contribution in [0.15, 0.2) is 29.8 Å². The molecule has 1 aromatic carbocycles. The van der Waals surface area contributed by atoms with Crippen LogP contribution in [0.3, 0.4) is 0 Å². The van der Waals surface area contributed by atoms with Gasteiger partial charge in [0, 0.05) is 41.2 Å². The number of hydrogen-bond donors (Lipinski definition) is 2. The van der Waals surface area contributed by atoms with Gasteiger partial charge in [-0.05, 0) is 44.0 Å². The first-order valence-corrected chi connectivity index (χ1v) is 9.46. The van der Waals surface area contributed by atoms with Crippen molar-refractivity contribution in [1.82, 2.24) is 25.4 Å². The minimum absolute atomic E-state index is 0.0808. The van der Waals surface area contributed by atoms with E-state index in [1.165, 1.54) is 6.42 Å². The maximum Gasteiger partial charge on any atom is 0.272 e. The molecule has 2 N–H and O–H groups in total. The number of nitrogens with zero attached hydrogens (tertiary/aromatic N) is 3. The third-order valence-corrected chi connectivity index (χ3v) is 6.41. The van der Waals surface area contributed by atoms with Crippen molar-refractivity contribution in [3.8, 4) is 10.6 Å². The second-order valence-corrected chi connectivity index (χ2v) is 7.97. The van der Waals surface area contributed by atoms with Crippen molar-refractivity contribution >= 4 is 28.1 Å². The van der Waals surface area contributed by atoms with E-state index in [0.29, 0.717) is 17.7 Å². The molecule has 7 heteroatoms. The molecule has 3 atom stereocenters. The predicted octanol–water partition coefficient (Wildman–Crippen LogP) is 2.51. The van der Waals surface area contributed by atoms with Gasteiger partial charge < -0.3 is 10.2 Å². The molecule has 6 nitrogen and oxygen atoms in total. The van der Waals surface area contributed by atoms with E-state index in [2.05, 4.69) is 32.4 Å². The lowest BCUT2D eigenvalue weighted by Gasteiger charge is -2.28. The smallest absolute Gasteiger partial charge is 0.272 e. The summed E-state index contributed by atoms with van der Waals surface area (Å²) in [4.78, 5) is 19.6. The Hall–Kier alpha value is -2.25. The Labute approximate surface area is 149 Å². The summed E-state index contributed by atoms with van der Waals surface area (Å²) in [6.07, 6.45) is 4.02. The Morgan fingerprint density at radius 3 is 3.04 bits per heavy atom. The van der Waals surface area contributed by atoms with Crippen molar-refractivity contribution in [1.29, 1.82) is 0 Å². The number of hydrogen-bond acceptors (Lipinski definition) is 5. The van der Waals surface area contributed by atoms with Crippen molar-refractivity contribution < 1.29 is 4.79 Å². The van der Waals surface area contributed by atoms with Gasteiger partial charge >= 0.3 is 0 Å². The van der Waals surface area contributed by atoms with Crippen molar-refractivity contribution in [2.75, 3.05) is 13.6 Å². The maximum absolute atomic E-state index is 12.8. The summed E-state index contributed by atoms with van der Waals surface area (Å²) in [5.41, 5.74) is 2.36. The van der Waals surface area contributed by atoms with E-state index in [9.17, 15) is 4.79 Å². The molecule has 2 fully saturated rings. The highest BCUT2D eigenvalue weighted by molar-refractivity contribution is 7.13. The van der Waals surface area contributed by atoms with E-state index < -0.39 is 0 Å². The molecule has 2 aliphatic rings. The lowest BCUT2D eigenvalue weighted by Crippen LogP contribution is -2.44. The van der Waals surface area contributed by atoms with Crippen LogP contribution < -0.4 is 5.32 Å². The number of aromatic amines is 1. The Bertz CT molecular complexity index is 932. The fraction of sp³-hybridized carbons (Fsp3) is 0.389. The van der Waals surface area contributed by atoms with E-state index >= 15 is 0 Å². The number of thiazole rings is 1. The van der Waals surface area contributed by atoms with Crippen molar-refractivity contribution in [2.45, 2.75) is 24.9 Å². The standard InChI is InChI=1S/C18H19N5OS/c1-23-9-11-6-12(23)8-15(11)20-17(24)16-13-7-10(18-19-4-5-25-18)2-3-14(13)21-22-16/h2-5,7,11-12,15H,6,8-9H2,1H3,(H,20,24)(H,21,22). The highest BCUT2D eigenvalue weighted by atomic mass is 32.1. The largest absolute Gasteiger partial charge is 0.348 e. The lowest BCUT2D eigenvalue weighted by molar-refractivity contribution is 0.0909. The highest BCUT2D eigenvalue weighted by Gasteiger charge is 2.43. The molecule has 0 radical (unpaired) electrons. The quantitative estimate of drug-likeness (QED) is 0.759. The molecule has 2 aromatic heterocycles. The first kappa shape index (κ1) is 15.0. The minimum atomic E-state index is -0.0808. The molecule has 1 aliphatic heterocycles. The van der Waals surface area contributed by atoms with E-state index in [0.717, 1.165) is 34.4 Å². The number of rotatable bonds is 3. The topological polar surface area (TPSA) is 73.9 Å². The number of carbonyl (C=O) groups excluding carboxylic acids is 1. The van der Waals surface area contributed by atoms with Gasteiger partial charge in [0.2, 0.25) is 0 Å². The third kappa shape index (κ3) is 2.46. The Morgan fingerprint density at radius 1 is 1.40 bits per heavy atom. The normalized spacial score (nSPS) is 25.7. The summed E-state index contributed by atoms with van der Waals surface area (Å²) in [7, 11) is 2.17. The molecule has 2 bridgehead atoms. The molecule has 1 saturated carbocycles. The monoisotopic (exact) mass is 353 g/mol. The molecular weight excluding hydrogens is 334 g/mol. The van der Waals surface area contributed by atoms with Crippen LogP contribution >= 0.6 is 11.3 Å². The number of amides is 1.